The van der Waals surface area contributed by atoms with Crippen LogP contribution in [0.2, 0.25) is 0 Å². The average molecular weight is 393 g/mol. The lowest BCUT2D eigenvalue weighted by Crippen LogP contribution is -2.50. The van der Waals surface area contributed by atoms with Gasteiger partial charge in [0.05, 0.1) is 12.2 Å². The Hall–Kier alpha value is -2.25. The van der Waals surface area contributed by atoms with Crippen molar-refractivity contribution in [2.75, 3.05) is 26.7 Å². The molecule has 0 aliphatic carbocycles. The molecule has 0 spiro atoms. The highest BCUT2D eigenvalue weighted by atomic mass is 16.6. The van der Waals surface area contributed by atoms with Crippen molar-refractivity contribution in [1.82, 2.24) is 25.3 Å². The highest BCUT2D eigenvalue weighted by molar-refractivity contribution is 5.80. The number of aryl methyl sites for hydroxylation is 1. The van der Waals surface area contributed by atoms with Crippen molar-refractivity contribution < 1.29 is 9.53 Å². The summed E-state index contributed by atoms with van der Waals surface area (Å²) in [5.74, 6) is 1.59. The number of guanidine groups is 1. The van der Waals surface area contributed by atoms with Gasteiger partial charge in [0.2, 0.25) is 0 Å². The molecule has 1 fully saturated rings. The first-order valence-electron chi connectivity index (χ1n) is 10.0. The van der Waals surface area contributed by atoms with Gasteiger partial charge in [0.1, 0.15) is 5.60 Å². The van der Waals surface area contributed by atoms with E-state index in [1.165, 1.54) is 5.56 Å². The molecule has 8 heteroatoms. The van der Waals surface area contributed by atoms with Crippen LogP contribution in [-0.4, -0.2) is 65.1 Å². The van der Waals surface area contributed by atoms with Gasteiger partial charge in [-0.1, -0.05) is 13.8 Å². The number of ether oxygens (including phenoxy) is 1. The second-order valence-electron chi connectivity index (χ2n) is 8.80. The normalized spacial score (nSPS) is 19.1. The van der Waals surface area contributed by atoms with Gasteiger partial charge < -0.3 is 20.3 Å². The first kappa shape index (κ1) is 22.0. The second-order valence-corrected chi connectivity index (χ2v) is 8.80. The molecule has 2 atom stereocenters. The minimum absolute atomic E-state index is 0.0525. The molecule has 1 saturated heterocycles. The first-order valence-corrected chi connectivity index (χ1v) is 10.0. The first-order chi connectivity index (χ1) is 13.1. The fourth-order valence-corrected chi connectivity index (χ4v) is 3.32. The molecular weight excluding hydrogens is 356 g/mol. The molecule has 28 heavy (non-hydrogen) atoms. The summed E-state index contributed by atoms with van der Waals surface area (Å²) in [6, 6.07) is -0.0525. The number of alkyl carbamates (subject to hydrolysis) is 1. The summed E-state index contributed by atoms with van der Waals surface area (Å²) >= 11 is 0. The minimum atomic E-state index is -0.508. The SMILES string of the molecule is CN=C(NCC(NC(=O)OC(C)(C)C)C(C)C)N1CCC(c2cnn(C)c2)C1. The summed E-state index contributed by atoms with van der Waals surface area (Å²) in [5.41, 5.74) is 0.762. The highest BCUT2D eigenvalue weighted by Gasteiger charge is 2.28. The molecule has 0 saturated carbocycles. The minimum Gasteiger partial charge on any atom is -0.444 e. The number of nitrogens with zero attached hydrogens (tertiary/aromatic N) is 4. The van der Waals surface area contributed by atoms with Crippen molar-refractivity contribution in [3.8, 4) is 0 Å². The Bertz CT molecular complexity index is 676. The lowest BCUT2D eigenvalue weighted by Gasteiger charge is -2.28. The molecule has 1 aromatic heterocycles. The molecule has 1 aromatic rings. The quantitative estimate of drug-likeness (QED) is 0.594. The number of carbonyl (C=O) groups is 1. The van der Waals surface area contributed by atoms with Crippen molar-refractivity contribution in [2.45, 2.75) is 58.6 Å². The number of hydrogen-bond acceptors (Lipinski definition) is 4. The van der Waals surface area contributed by atoms with Crippen LogP contribution in [0.5, 0.6) is 0 Å². The summed E-state index contributed by atoms with van der Waals surface area (Å²) in [5, 5.41) is 10.7. The van der Waals surface area contributed by atoms with Gasteiger partial charge >= 0.3 is 6.09 Å². The number of amides is 1. The highest BCUT2D eigenvalue weighted by Crippen LogP contribution is 2.26. The van der Waals surface area contributed by atoms with E-state index in [9.17, 15) is 4.79 Å². The number of nitrogens with one attached hydrogen (secondary N) is 2. The van der Waals surface area contributed by atoms with E-state index in [-0.39, 0.29) is 18.1 Å². The Balaban J connectivity index is 1.90. The maximum Gasteiger partial charge on any atom is 0.407 e. The van der Waals surface area contributed by atoms with Crippen molar-refractivity contribution in [3.05, 3.63) is 18.0 Å². The third-order valence-corrected chi connectivity index (χ3v) is 4.88. The summed E-state index contributed by atoms with van der Waals surface area (Å²) in [6.45, 7) is 12.2. The third-order valence-electron chi connectivity index (χ3n) is 4.88. The Morgan fingerprint density at radius 2 is 2.14 bits per heavy atom. The monoisotopic (exact) mass is 392 g/mol. The van der Waals surface area contributed by atoms with Gasteiger partial charge in [0, 0.05) is 45.8 Å². The Kier molecular flexibility index (Phi) is 7.32. The lowest BCUT2D eigenvalue weighted by molar-refractivity contribution is 0.0491. The number of aromatic nitrogens is 2. The molecule has 2 N–H and O–H groups in total. The van der Waals surface area contributed by atoms with Crippen LogP contribution in [0.25, 0.3) is 0 Å². The van der Waals surface area contributed by atoms with E-state index >= 15 is 0 Å². The topological polar surface area (TPSA) is 83.8 Å². The zero-order chi connectivity index (χ0) is 20.9. The largest absolute Gasteiger partial charge is 0.444 e. The smallest absolute Gasteiger partial charge is 0.407 e. The lowest BCUT2D eigenvalue weighted by atomic mass is 10.0. The summed E-state index contributed by atoms with van der Waals surface area (Å²) in [4.78, 5) is 18.8. The Morgan fingerprint density at radius 3 is 2.68 bits per heavy atom. The maximum absolute atomic E-state index is 12.1. The van der Waals surface area contributed by atoms with Crippen molar-refractivity contribution in [1.29, 1.82) is 0 Å². The van der Waals surface area contributed by atoms with Crippen molar-refractivity contribution >= 4 is 12.1 Å². The molecule has 0 aromatic carbocycles. The number of carbonyl (C=O) groups excluding carboxylic acids is 1. The summed E-state index contributed by atoms with van der Waals surface area (Å²) in [7, 11) is 3.74. The molecule has 2 unspecified atom stereocenters. The van der Waals surface area contributed by atoms with Gasteiger partial charge in [-0.15, -0.1) is 0 Å². The molecule has 1 amide bonds. The van der Waals surface area contributed by atoms with Crippen LogP contribution in [0, 0.1) is 5.92 Å². The standard InChI is InChI=1S/C20H36N6O2/c1-14(2)17(24-19(27)28-20(3,4)5)11-22-18(21-6)26-9-8-15(13-26)16-10-23-25(7)12-16/h10,12,14-15,17H,8-9,11,13H2,1-7H3,(H,21,22)(H,24,27). The summed E-state index contributed by atoms with van der Waals surface area (Å²) in [6.07, 6.45) is 4.73. The van der Waals surface area contributed by atoms with E-state index in [0.29, 0.717) is 12.5 Å². The van der Waals surface area contributed by atoms with Gasteiger partial charge in [-0.2, -0.15) is 5.10 Å². The molecule has 2 heterocycles. The van der Waals surface area contributed by atoms with E-state index in [1.807, 2.05) is 38.7 Å². The van der Waals surface area contributed by atoms with Gasteiger partial charge in [-0.3, -0.25) is 9.67 Å². The van der Waals surface area contributed by atoms with E-state index in [2.05, 4.69) is 45.7 Å². The Morgan fingerprint density at radius 1 is 1.43 bits per heavy atom. The van der Waals surface area contributed by atoms with Crippen LogP contribution in [-0.2, 0) is 11.8 Å². The molecule has 2 rings (SSSR count). The van der Waals surface area contributed by atoms with Crippen molar-refractivity contribution in [2.24, 2.45) is 18.0 Å². The fourth-order valence-electron chi connectivity index (χ4n) is 3.32. The third kappa shape index (κ3) is 6.42. The number of rotatable bonds is 5. The predicted octanol–water partition coefficient (Wildman–Crippen LogP) is 2.33. The molecule has 1 aliphatic heterocycles. The molecule has 0 radical (unpaired) electrons. The Labute approximate surface area is 168 Å². The van der Waals surface area contributed by atoms with E-state index in [0.717, 1.165) is 25.5 Å². The van der Waals surface area contributed by atoms with Gasteiger partial charge in [-0.05, 0) is 38.7 Å². The van der Waals surface area contributed by atoms with Crippen LogP contribution in [0.1, 0.15) is 52.5 Å². The van der Waals surface area contributed by atoms with E-state index in [1.54, 1.807) is 7.05 Å². The van der Waals surface area contributed by atoms with Crippen LogP contribution in [0.3, 0.4) is 0 Å². The number of aliphatic imine (C=N–C) groups is 1. The number of likely N-dealkylation sites (tertiary alicyclic amines) is 1. The second kappa shape index (κ2) is 9.30. The fraction of sp³-hybridized carbons (Fsp3) is 0.750. The van der Waals surface area contributed by atoms with Gasteiger partial charge in [0.15, 0.2) is 5.96 Å². The van der Waals surface area contributed by atoms with Gasteiger partial charge in [0.25, 0.3) is 0 Å². The van der Waals surface area contributed by atoms with Crippen LogP contribution in [0.15, 0.2) is 17.4 Å². The molecular formula is C20H36N6O2. The molecule has 158 valence electrons. The van der Waals surface area contributed by atoms with Crippen LogP contribution >= 0.6 is 0 Å². The molecule has 8 nitrogen and oxygen atoms in total. The van der Waals surface area contributed by atoms with E-state index < -0.39 is 5.60 Å². The zero-order valence-electron chi connectivity index (χ0n) is 18.3. The predicted molar refractivity (Wildman–Crippen MR) is 111 cm³/mol. The van der Waals surface area contributed by atoms with Crippen LogP contribution < -0.4 is 10.6 Å². The van der Waals surface area contributed by atoms with Crippen molar-refractivity contribution in [3.63, 3.8) is 0 Å². The zero-order valence-corrected chi connectivity index (χ0v) is 18.3. The molecule has 1 aliphatic rings. The maximum atomic E-state index is 12.1. The number of hydrogen-bond donors (Lipinski definition) is 2. The van der Waals surface area contributed by atoms with Crippen LogP contribution in [0.4, 0.5) is 4.79 Å². The molecule has 0 bridgehead atoms. The average Bonchev–Trinajstić information content (AvgIpc) is 3.21. The summed E-state index contributed by atoms with van der Waals surface area (Å²) < 4.78 is 7.24. The van der Waals surface area contributed by atoms with E-state index in [4.69, 9.17) is 4.74 Å². The van der Waals surface area contributed by atoms with Gasteiger partial charge in [-0.25, -0.2) is 4.79 Å².